The van der Waals surface area contributed by atoms with Gasteiger partial charge in [0, 0.05) is 18.0 Å². The summed E-state index contributed by atoms with van der Waals surface area (Å²) in [7, 11) is 0. The minimum atomic E-state index is -0.844. The summed E-state index contributed by atoms with van der Waals surface area (Å²) in [6.07, 6.45) is 5.91. The molecule has 0 unspecified atom stereocenters. The summed E-state index contributed by atoms with van der Waals surface area (Å²) >= 11 is 1.64. The predicted molar refractivity (Wildman–Crippen MR) is 92.1 cm³/mol. The number of hydrogen-bond acceptors (Lipinski definition) is 5. The van der Waals surface area contributed by atoms with Gasteiger partial charge in [0.05, 0.1) is 11.2 Å². The Morgan fingerprint density at radius 3 is 2.70 bits per heavy atom. The number of nitrogens with zero attached hydrogens (tertiary/aromatic N) is 3. The molecule has 3 amide bonds. The lowest BCUT2D eigenvalue weighted by Crippen LogP contribution is -2.42. The van der Waals surface area contributed by atoms with Crippen LogP contribution in [0.2, 0.25) is 0 Å². The molecular weight excluding hydrogens is 312 g/mol. The lowest BCUT2D eigenvalue weighted by Gasteiger charge is -2.27. The third-order valence-electron chi connectivity index (χ3n) is 4.53. The van der Waals surface area contributed by atoms with E-state index in [2.05, 4.69) is 21.4 Å². The second kappa shape index (κ2) is 6.31. The van der Waals surface area contributed by atoms with Crippen molar-refractivity contribution in [3.63, 3.8) is 0 Å². The van der Waals surface area contributed by atoms with Gasteiger partial charge in [-0.3, -0.25) is 4.79 Å². The number of hydrazone groups is 1. The van der Waals surface area contributed by atoms with Gasteiger partial charge in [-0.2, -0.15) is 5.10 Å². The third-order valence-corrected chi connectivity index (χ3v) is 5.61. The van der Waals surface area contributed by atoms with Crippen LogP contribution in [0.5, 0.6) is 0 Å². The summed E-state index contributed by atoms with van der Waals surface area (Å²) in [5.41, 5.74) is -0.844. The van der Waals surface area contributed by atoms with E-state index in [0.717, 1.165) is 23.0 Å². The average Bonchev–Trinajstić information content (AvgIpc) is 3.11. The molecule has 3 heterocycles. The maximum absolute atomic E-state index is 12.3. The molecule has 0 saturated carbocycles. The van der Waals surface area contributed by atoms with Gasteiger partial charge >= 0.3 is 6.03 Å². The van der Waals surface area contributed by atoms with Crippen LogP contribution in [0.3, 0.4) is 0 Å². The molecule has 7 heteroatoms. The number of imide groups is 1. The number of thiophene rings is 1. The molecule has 2 fully saturated rings. The molecule has 23 heavy (non-hydrogen) atoms. The zero-order valence-electron chi connectivity index (χ0n) is 13.5. The zero-order chi connectivity index (χ0) is 16.4. The van der Waals surface area contributed by atoms with E-state index >= 15 is 0 Å². The van der Waals surface area contributed by atoms with Crippen LogP contribution in [-0.4, -0.2) is 41.8 Å². The summed E-state index contributed by atoms with van der Waals surface area (Å²) in [5.74, 6) is -0.297. The first kappa shape index (κ1) is 16.0. The first-order valence-electron chi connectivity index (χ1n) is 8.09. The monoisotopic (exact) mass is 334 g/mol. The number of piperidine rings is 1. The van der Waals surface area contributed by atoms with Gasteiger partial charge in [-0.05, 0) is 44.7 Å². The molecule has 1 N–H and O–H groups in total. The number of carbonyl (C=O) groups excluding carboxylic acids is 2. The molecule has 2 saturated heterocycles. The van der Waals surface area contributed by atoms with Gasteiger partial charge in [-0.1, -0.05) is 6.92 Å². The van der Waals surface area contributed by atoms with E-state index < -0.39 is 11.6 Å². The van der Waals surface area contributed by atoms with Crippen LogP contribution in [0.4, 0.5) is 9.80 Å². The molecule has 124 valence electrons. The van der Waals surface area contributed by atoms with Crippen molar-refractivity contribution < 1.29 is 9.59 Å². The molecule has 2 aliphatic heterocycles. The van der Waals surface area contributed by atoms with Crippen LogP contribution >= 0.6 is 11.3 Å². The van der Waals surface area contributed by atoms with Crippen LogP contribution < -0.4 is 10.2 Å². The molecule has 1 aromatic heterocycles. The number of rotatable bonds is 4. The first-order chi connectivity index (χ1) is 11.0. The average molecular weight is 334 g/mol. The van der Waals surface area contributed by atoms with Crippen LogP contribution in [-0.2, 0) is 4.79 Å². The SMILES string of the molecule is CC[C@@]1(C)NC(=O)N(/N=C\c2ccc(N3CCCCC3)s2)C1=O. The Labute approximate surface area is 140 Å². The Morgan fingerprint density at radius 1 is 1.30 bits per heavy atom. The third kappa shape index (κ3) is 3.10. The minimum Gasteiger partial charge on any atom is -0.363 e. The number of amides is 3. The molecule has 0 spiro atoms. The van der Waals surface area contributed by atoms with Gasteiger partial charge < -0.3 is 10.2 Å². The van der Waals surface area contributed by atoms with Crippen LogP contribution in [0.1, 0.15) is 44.4 Å². The molecule has 0 radical (unpaired) electrons. The van der Waals surface area contributed by atoms with Crippen molar-refractivity contribution in [2.45, 2.75) is 45.1 Å². The quantitative estimate of drug-likeness (QED) is 0.680. The van der Waals surface area contributed by atoms with E-state index in [1.54, 1.807) is 24.5 Å². The van der Waals surface area contributed by atoms with Crippen molar-refractivity contribution >= 4 is 34.5 Å². The number of urea groups is 1. The fourth-order valence-corrected chi connectivity index (χ4v) is 3.75. The molecule has 0 bridgehead atoms. The molecular formula is C16H22N4O2S. The summed E-state index contributed by atoms with van der Waals surface area (Å²) in [6, 6.07) is 3.61. The van der Waals surface area contributed by atoms with Crippen LogP contribution in [0, 0.1) is 0 Å². The maximum atomic E-state index is 12.3. The molecule has 1 aromatic rings. The predicted octanol–water partition coefficient (Wildman–Crippen LogP) is 2.79. The number of anilines is 1. The molecule has 3 rings (SSSR count). The van der Waals surface area contributed by atoms with E-state index in [1.165, 1.54) is 24.3 Å². The molecule has 1 atom stereocenters. The Balaban J connectivity index is 1.70. The van der Waals surface area contributed by atoms with Crippen molar-refractivity contribution in [1.82, 2.24) is 10.3 Å². The Kier molecular flexibility index (Phi) is 4.39. The van der Waals surface area contributed by atoms with Crippen LogP contribution in [0.15, 0.2) is 17.2 Å². The van der Waals surface area contributed by atoms with Crippen molar-refractivity contribution in [3.05, 3.63) is 17.0 Å². The fourth-order valence-electron chi connectivity index (χ4n) is 2.82. The first-order valence-corrected chi connectivity index (χ1v) is 8.90. The van der Waals surface area contributed by atoms with E-state index in [0.29, 0.717) is 6.42 Å². The van der Waals surface area contributed by atoms with Crippen molar-refractivity contribution in [3.8, 4) is 0 Å². The zero-order valence-corrected chi connectivity index (χ0v) is 14.4. The van der Waals surface area contributed by atoms with Gasteiger partial charge in [-0.15, -0.1) is 16.3 Å². The fraction of sp³-hybridized carbons (Fsp3) is 0.562. The van der Waals surface area contributed by atoms with Crippen molar-refractivity contribution in [2.24, 2.45) is 5.10 Å². The highest BCUT2D eigenvalue weighted by atomic mass is 32.1. The number of hydrogen-bond donors (Lipinski definition) is 1. The van der Waals surface area contributed by atoms with Gasteiger partial charge in [0.2, 0.25) is 0 Å². The number of carbonyl (C=O) groups is 2. The van der Waals surface area contributed by atoms with E-state index in [1.807, 2.05) is 13.0 Å². The van der Waals surface area contributed by atoms with Gasteiger partial charge in [-0.25, -0.2) is 4.79 Å². The van der Waals surface area contributed by atoms with Gasteiger partial charge in [0.1, 0.15) is 5.54 Å². The van der Waals surface area contributed by atoms with E-state index in [9.17, 15) is 9.59 Å². The second-order valence-corrected chi connectivity index (χ2v) is 7.29. The Hall–Kier alpha value is -1.89. The molecule has 0 aromatic carbocycles. The Bertz CT molecular complexity index is 636. The molecule has 6 nitrogen and oxygen atoms in total. The Morgan fingerprint density at radius 2 is 2.04 bits per heavy atom. The normalized spacial score (nSPS) is 25.5. The van der Waals surface area contributed by atoms with Crippen molar-refractivity contribution in [1.29, 1.82) is 0 Å². The van der Waals surface area contributed by atoms with Gasteiger partial charge in [0.15, 0.2) is 0 Å². The molecule has 2 aliphatic rings. The standard InChI is InChI=1S/C16H22N4O2S/c1-3-16(2)14(21)20(15(22)18-16)17-11-12-7-8-13(23-12)19-9-5-4-6-10-19/h7-8,11H,3-6,9-10H2,1-2H3,(H,18,22)/b17-11-/t16-/m1/s1. The smallest absolute Gasteiger partial charge is 0.346 e. The minimum absolute atomic E-state index is 0.297. The lowest BCUT2D eigenvalue weighted by atomic mass is 10.00. The van der Waals surface area contributed by atoms with E-state index in [4.69, 9.17) is 0 Å². The molecule has 0 aliphatic carbocycles. The highest BCUT2D eigenvalue weighted by Gasteiger charge is 2.46. The summed E-state index contributed by atoms with van der Waals surface area (Å²) in [6.45, 7) is 5.79. The van der Waals surface area contributed by atoms with E-state index in [-0.39, 0.29) is 5.91 Å². The topological polar surface area (TPSA) is 65.0 Å². The highest BCUT2D eigenvalue weighted by Crippen LogP contribution is 2.28. The van der Waals surface area contributed by atoms with Gasteiger partial charge in [0.25, 0.3) is 5.91 Å². The lowest BCUT2D eigenvalue weighted by molar-refractivity contribution is -0.130. The summed E-state index contributed by atoms with van der Waals surface area (Å²) < 4.78 is 0. The summed E-state index contributed by atoms with van der Waals surface area (Å²) in [5, 5.41) is 8.95. The van der Waals surface area contributed by atoms with Crippen LogP contribution in [0.25, 0.3) is 0 Å². The largest absolute Gasteiger partial charge is 0.363 e. The maximum Gasteiger partial charge on any atom is 0.346 e. The summed E-state index contributed by atoms with van der Waals surface area (Å²) in [4.78, 5) is 27.5. The highest BCUT2D eigenvalue weighted by molar-refractivity contribution is 7.17. The number of nitrogens with one attached hydrogen (secondary N) is 1. The second-order valence-electron chi connectivity index (χ2n) is 6.20. The van der Waals surface area contributed by atoms with Crippen molar-refractivity contribution in [2.75, 3.05) is 18.0 Å².